The van der Waals surface area contributed by atoms with Gasteiger partial charge in [-0.1, -0.05) is 31.4 Å². The van der Waals surface area contributed by atoms with Crippen LogP contribution in [-0.4, -0.2) is 61.6 Å². The second kappa shape index (κ2) is 12.1. The van der Waals surface area contributed by atoms with E-state index in [1.54, 1.807) is 7.11 Å². The molecule has 5 nitrogen and oxygen atoms in total. The SMILES string of the molecule is COc1cccc2c1CCC[C@@H]2NC(=O)CN1CCN(C2CCCCC2)CC1.Cl.Cl. The van der Waals surface area contributed by atoms with E-state index in [-0.39, 0.29) is 36.8 Å². The van der Waals surface area contributed by atoms with Gasteiger partial charge in [0, 0.05) is 32.2 Å². The number of hydrogen-bond donors (Lipinski definition) is 1. The number of fused-ring (bicyclic) bond motifs is 1. The zero-order chi connectivity index (χ0) is 19.3. The molecule has 7 heteroatoms. The first-order valence-electron chi connectivity index (χ1n) is 11.2. The molecule has 0 unspecified atom stereocenters. The van der Waals surface area contributed by atoms with Crippen LogP contribution in [0, 0.1) is 0 Å². The number of nitrogens with one attached hydrogen (secondary N) is 1. The Hall–Kier alpha value is -1.01. The Morgan fingerprint density at radius 3 is 2.47 bits per heavy atom. The van der Waals surface area contributed by atoms with Gasteiger partial charge in [-0.2, -0.15) is 0 Å². The van der Waals surface area contributed by atoms with Gasteiger partial charge in [0.15, 0.2) is 0 Å². The number of carbonyl (C=O) groups is 1. The van der Waals surface area contributed by atoms with Crippen LogP contribution >= 0.6 is 24.8 Å². The van der Waals surface area contributed by atoms with E-state index in [2.05, 4.69) is 21.2 Å². The molecule has 1 aromatic rings. The molecule has 4 rings (SSSR count). The van der Waals surface area contributed by atoms with Crippen LogP contribution in [0.2, 0.25) is 0 Å². The number of ether oxygens (including phenoxy) is 1. The molecule has 30 heavy (non-hydrogen) atoms. The lowest BCUT2D eigenvalue weighted by Gasteiger charge is -2.40. The summed E-state index contributed by atoms with van der Waals surface area (Å²) < 4.78 is 5.52. The third-order valence-electron chi connectivity index (χ3n) is 6.88. The Bertz CT molecular complexity index is 674. The topological polar surface area (TPSA) is 44.8 Å². The largest absolute Gasteiger partial charge is 0.496 e. The molecule has 1 amide bonds. The van der Waals surface area contributed by atoms with Crippen molar-refractivity contribution in [2.24, 2.45) is 0 Å². The maximum Gasteiger partial charge on any atom is 0.234 e. The quantitative estimate of drug-likeness (QED) is 0.725. The lowest BCUT2D eigenvalue weighted by atomic mass is 9.87. The van der Waals surface area contributed by atoms with Gasteiger partial charge in [0.1, 0.15) is 5.75 Å². The average molecular weight is 458 g/mol. The molecule has 1 heterocycles. The molecule has 1 saturated heterocycles. The molecule has 1 aliphatic heterocycles. The van der Waals surface area contributed by atoms with Crippen molar-refractivity contribution >= 4 is 30.7 Å². The fraction of sp³-hybridized carbons (Fsp3) is 0.696. The van der Waals surface area contributed by atoms with E-state index in [9.17, 15) is 4.79 Å². The van der Waals surface area contributed by atoms with Crippen LogP contribution in [0.25, 0.3) is 0 Å². The summed E-state index contributed by atoms with van der Waals surface area (Å²) >= 11 is 0. The molecular weight excluding hydrogens is 421 g/mol. The lowest BCUT2D eigenvalue weighted by Crippen LogP contribution is -2.52. The predicted molar refractivity (Wildman–Crippen MR) is 126 cm³/mol. The summed E-state index contributed by atoms with van der Waals surface area (Å²) in [7, 11) is 1.73. The monoisotopic (exact) mass is 457 g/mol. The third-order valence-corrected chi connectivity index (χ3v) is 6.88. The number of methoxy groups -OCH3 is 1. The summed E-state index contributed by atoms with van der Waals surface area (Å²) in [4.78, 5) is 17.7. The van der Waals surface area contributed by atoms with Gasteiger partial charge in [-0.25, -0.2) is 0 Å². The van der Waals surface area contributed by atoms with Crippen LogP contribution in [0.4, 0.5) is 0 Å². The number of nitrogens with zero attached hydrogens (tertiary/aromatic N) is 2. The number of hydrogen-bond acceptors (Lipinski definition) is 4. The van der Waals surface area contributed by atoms with Gasteiger partial charge in [0.05, 0.1) is 19.7 Å². The Morgan fingerprint density at radius 2 is 1.77 bits per heavy atom. The van der Waals surface area contributed by atoms with E-state index in [0.717, 1.165) is 57.2 Å². The number of rotatable bonds is 5. The maximum absolute atomic E-state index is 12.7. The number of piperazine rings is 1. The molecule has 170 valence electrons. The molecule has 2 fully saturated rings. The van der Waals surface area contributed by atoms with Gasteiger partial charge in [-0.05, 0) is 49.3 Å². The first kappa shape index (κ1) is 25.3. The first-order chi connectivity index (χ1) is 13.7. The minimum atomic E-state index is 0. The number of benzene rings is 1. The van der Waals surface area contributed by atoms with Gasteiger partial charge in [0.2, 0.25) is 5.91 Å². The highest BCUT2D eigenvalue weighted by Gasteiger charge is 2.27. The van der Waals surface area contributed by atoms with Crippen LogP contribution in [-0.2, 0) is 11.2 Å². The molecule has 0 radical (unpaired) electrons. The molecule has 0 spiro atoms. The van der Waals surface area contributed by atoms with Crippen LogP contribution in [0.1, 0.15) is 62.1 Å². The Kier molecular flexibility index (Phi) is 10.2. The van der Waals surface area contributed by atoms with Crippen LogP contribution in [0.5, 0.6) is 5.75 Å². The molecule has 1 saturated carbocycles. The van der Waals surface area contributed by atoms with Crippen molar-refractivity contribution in [1.82, 2.24) is 15.1 Å². The summed E-state index contributed by atoms with van der Waals surface area (Å²) in [5.74, 6) is 1.11. The van der Waals surface area contributed by atoms with Crippen molar-refractivity contribution in [2.45, 2.75) is 63.5 Å². The Morgan fingerprint density at radius 1 is 1.03 bits per heavy atom. The Balaban J connectivity index is 0.00000160. The van der Waals surface area contributed by atoms with E-state index >= 15 is 0 Å². The fourth-order valence-corrected chi connectivity index (χ4v) is 5.33. The summed E-state index contributed by atoms with van der Waals surface area (Å²) in [6.07, 6.45) is 10.1. The van der Waals surface area contributed by atoms with Crippen molar-refractivity contribution in [3.63, 3.8) is 0 Å². The molecule has 1 atom stereocenters. The van der Waals surface area contributed by atoms with Crippen LogP contribution in [0.15, 0.2) is 18.2 Å². The Labute approximate surface area is 193 Å². The van der Waals surface area contributed by atoms with Crippen LogP contribution in [0.3, 0.4) is 0 Å². The molecule has 3 aliphatic rings. The lowest BCUT2D eigenvalue weighted by molar-refractivity contribution is -0.123. The van der Waals surface area contributed by atoms with Gasteiger partial charge < -0.3 is 10.1 Å². The first-order valence-corrected chi connectivity index (χ1v) is 11.2. The minimum Gasteiger partial charge on any atom is -0.496 e. The molecular formula is C23H37Cl2N3O2. The summed E-state index contributed by atoms with van der Waals surface area (Å²) in [6.45, 7) is 4.77. The minimum absolute atomic E-state index is 0. The highest BCUT2D eigenvalue weighted by molar-refractivity contribution is 5.85. The van der Waals surface area contributed by atoms with Crippen LogP contribution < -0.4 is 10.1 Å². The van der Waals surface area contributed by atoms with Crippen molar-refractivity contribution in [3.8, 4) is 5.75 Å². The molecule has 1 aromatic carbocycles. The summed E-state index contributed by atoms with van der Waals surface area (Å²) in [5.41, 5.74) is 2.50. The van der Waals surface area contributed by atoms with Crippen molar-refractivity contribution in [1.29, 1.82) is 0 Å². The second-order valence-electron chi connectivity index (χ2n) is 8.64. The third kappa shape index (κ3) is 6.03. The summed E-state index contributed by atoms with van der Waals surface area (Å²) in [6, 6.07) is 7.11. The summed E-state index contributed by atoms with van der Waals surface area (Å²) in [5, 5.41) is 3.30. The number of amides is 1. The number of halogens is 2. The van der Waals surface area contributed by atoms with E-state index in [0.29, 0.717) is 6.54 Å². The maximum atomic E-state index is 12.7. The van der Waals surface area contributed by atoms with Crippen molar-refractivity contribution < 1.29 is 9.53 Å². The zero-order valence-corrected chi connectivity index (χ0v) is 19.7. The van der Waals surface area contributed by atoms with Crippen molar-refractivity contribution in [2.75, 3.05) is 39.8 Å². The standard InChI is InChI=1S/C23H35N3O2.2ClH/c1-28-22-12-6-9-19-20(22)10-5-11-21(19)24-23(27)17-25-13-15-26(16-14-25)18-7-3-2-4-8-18;;/h6,9,12,18,21H,2-5,7-8,10-11,13-17H2,1H3,(H,24,27);2*1H/t21-;;/m0../s1. The van der Waals surface area contributed by atoms with E-state index in [1.165, 1.54) is 43.2 Å². The van der Waals surface area contributed by atoms with Gasteiger partial charge >= 0.3 is 0 Å². The molecule has 0 aromatic heterocycles. The normalized spacial score (nSPS) is 22.9. The smallest absolute Gasteiger partial charge is 0.234 e. The van der Waals surface area contributed by atoms with E-state index in [4.69, 9.17) is 4.74 Å². The van der Waals surface area contributed by atoms with Gasteiger partial charge in [0.25, 0.3) is 0 Å². The highest BCUT2D eigenvalue weighted by atomic mass is 35.5. The van der Waals surface area contributed by atoms with Crippen molar-refractivity contribution in [3.05, 3.63) is 29.3 Å². The fourth-order valence-electron chi connectivity index (χ4n) is 5.33. The van der Waals surface area contributed by atoms with E-state index in [1.807, 2.05) is 12.1 Å². The number of carbonyl (C=O) groups excluding carboxylic acids is 1. The predicted octanol–water partition coefficient (Wildman–Crippen LogP) is 3.98. The van der Waals surface area contributed by atoms with Gasteiger partial charge in [-0.15, -0.1) is 24.8 Å². The molecule has 2 aliphatic carbocycles. The van der Waals surface area contributed by atoms with Gasteiger partial charge in [-0.3, -0.25) is 14.6 Å². The molecule has 0 bridgehead atoms. The molecule has 1 N–H and O–H groups in total. The highest BCUT2D eigenvalue weighted by Crippen LogP contribution is 2.35. The zero-order valence-electron chi connectivity index (χ0n) is 18.1. The second-order valence-corrected chi connectivity index (χ2v) is 8.64. The van der Waals surface area contributed by atoms with E-state index < -0.39 is 0 Å². The average Bonchev–Trinajstić information content (AvgIpc) is 2.74.